The molecule has 5 heteroatoms. The SMILES string of the molecule is OC(Cc1ccc(F)cc1F)c1ncccc1F. The molecule has 0 aliphatic carbocycles. The second kappa shape index (κ2) is 5.18. The van der Waals surface area contributed by atoms with Gasteiger partial charge in [0.1, 0.15) is 29.2 Å². The molecule has 2 aromatic rings. The number of aromatic nitrogens is 1. The van der Waals surface area contributed by atoms with Gasteiger partial charge in [0.25, 0.3) is 0 Å². The van der Waals surface area contributed by atoms with E-state index in [2.05, 4.69) is 4.98 Å². The van der Waals surface area contributed by atoms with Gasteiger partial charge in [0.05, 0.1) is 0 Å². The molecule has 1 N–H and O–H groups in total. The number of halogens is 3. The molecule has 1 aromatic carbocycles. The van der Waals surface area contributed by atoms with E-state index in [1.165, 1.54) is 18.3 Å². The lowest BCUT2D eigenvalue weighted by Crippen LogP contribution is -2.08. The molecule has 0 fully saturated rings. The highest BCUT2D eigenvalue weighted by atomic mass is 19.1. The second-order valence-electron chi connectivity index (χ2n) is 3.83. The van der Waals surface area contributed by atoms with Crippen molar-refractivity contribution in [3.63, 3.8) is 0 Å². The Kier molecular flexibility index (Phi) is 3.62. The van der Waals surface area contributed by atoms with Gasteiger partial charge in [-0.2, -0.15) is 0 Å². The fraction of sp³-hybridized carbons (Fsp3) is 0.154. The Morgan fingerprint density at radius 2 is 1.89 bits per heavy atom. The van der Waals surface area contributed by atoms with Gasteiger partial charge in [-0.3, -0.25) is 4.98 Å². The zero-order chi connectivity index (χ0) is 13.1. The van der Waals surface area contributed by atoms with Gasteiger partial charge >= 0.3 is 0 Å². The monoisotopic (exact) mass is 253 g/mol. The van der Waals surface area contributed by atoms with E-state index in [1.807, 2.05) is 0 Å². The summed E-state index contributed by atoms with van der Waals surface area (Å²) in [6.07, 6.45) is -0.103. The fourth-order valence-corrected chi connectivity index (χ4v) is 1.64. The Morgan fingerprint density at radius 1 is 1.11 bits per heavy atom. The molecule has 94 valence electrons. The molecule has 2 rings (SSSR count). The maximum Gasteiger partial charge on any atom is 0.147 e. The van der Waals surface area contributed by atoms with Crippen LogP contribution in [0.1, 0.15) is 17.4 Å². The van der Waals surface area contributed by atoms with Crippen LogP contribution in [-0.2, 0) is 6.42 Å². The molecule has 0 bridgehead atoms. The molecular formula is C13H10F3NO. The van der Waals surface area contributed by atoms with Gasteiger partial charge in [-0.05, 0) is 23.8 Å². The Bertz CT molecular complexity index is 560. The summed E-state index contributed by atoms with van der Waals surface area (Å²) in [6, 6.07) is 5.57. The third-order valence-corrected chi connectivity index (χ3v) is 2.53. The molecule has 0 amide bonds. The first-order valence-electron chi connectivity index (χ1n) is 5.30. The van der Waals surface area contributed by atoms with Crippen LogP contribution in [0.4, 0.5) is 13.2 Å². The summed E-state index contributed by atoms with van der Waals surface area (Å²) < 4.78 is 39.4. The van der Waals surface area contributed by atoms with Crippen LogP contribution in [0.2, 0.25) is 0 Å². The van der Waals surface area contributed by atoms with Gasteiger partial charge in [-0.25, -0.2) is 13.2 Å². The van der Waals surface area contributed by atoms with Gasteiger partial charge in [0, 0.05) is 18.7 Å². The fourth-order valence-electron chi connectivity index (χ4n) is 1.64. The molecule has 1 heterocycles. The van der Waals surface area contributed by atoms with E-state index in [-0.39, 0.29) is 17.7 Å². The maximum absolute atomic E-state index is 13.4. The molecule has 18 heavy (non-hydrogen) atoms. The largest absolute Gasteiger partial charge is 0.386 e. The van der Waals surface area contributed by atoms with E-state index in [1.54, 1.807) is 0 Å². The minimum absolute atomic E-state index is 0.106. The van der Waals surface area contributed by atoms with Crippen LogP contribution in [0, 0.1) is 17.5 Å². The predicted molar refractivity (Wildman–Crippen MR) is 59.2 cm³/mol. The summed E-state index contributed by atoms with van der Waals surface area (Å²) in [5.74, 6) is -2.13. The van der Waals surface area contributed by atoms with E-state index >= 15 is 0 Å². The van der Waals surface area contributed by atoms with Crippen LogP contribution in [0.15, 0.2) is 36.5 Å². The first-order valence-corrected chi connectivity index (χ1v) is 5.30. The smallest absolute Gasteiger partial charge is 0.147 e. The van der Waals surface area contributed by atoms with Crippen LogP contribution in [0.25, 0.3) is 0 Å². The quantitative estimate of drug-likeness (QED) is 0.912. The highest BCUT2D eigenvalue weighted by molar-refractivity contribution is 5.21. The van der Waals surface area contributed by atoms with Crippen molar-refractivity contribution in [3.05, 3.63) is 65.2 Å². The summed E-state index contributed by atoms with van der Waals surface area (Å²) >= 11 is 0. The molecule has 1 unspecified atom stereocenters. The summed E-state index contributed by atoms with van der Waals surface area (Å²) in [6.45, 7) is 0. The molecule has 0 radical (unpaired) electrons. The predicted octanol–water partition coefficient (Wildman–Crippen LogP) is 2.78. The summed E-state index contributed by atoms with van der Waals surface area (Å²) in [5, 5.41) is 9.79. The zero-order valence-electron chi connectivity index (χ0n) is 9.28. The Morgan fingerprint density at radius 3 is 2.56 bits per heavy atom. The summed E-state index contributed by atoms with van der Waals surface area (Å²) in [5.41, 5.74) is -0.0461. The van der Waals surface area contributed by atoms with Gasteiger partial charge in [-0.1, -0.05) is 6.07 Å². The van der Waals surface area contributed by atoms with E-state index in [9.17, 15) is 18.3 Å². The first-order chi connectivity index (χ1) is 8.58. The van der Waals surface area contributed by atoms with Crippen molar-refractivity contribution in [2.45, 2.75) is 12.5 Å². The molecular weight excluding hydrogens is 243 g/mol. The number of benzene rings is 1. The average Bonchev–Trinajstić information content (AvgIpc) is 2.33. The van der Waals surface area contributed by atoms with Crippen LogP contribution >= 0.6 is 0 Å². The number of aliphatic hydroxyl groups excluding tert-OH is 1. The van der Waals surface area contributed by atoms with Crippen molar-refractivity contribution in [2.24, 2.45) is 0 Å². The lowest BCUT2D eigenvalue weighted by molar-refractivity contribution is 0.167. The Balaban J connectivity index is 2.21. The van der Waals surface area contributed by atoms with Crippen molar-refractivity contribution in [1.29, 1.82) is 0 Å². The van der Waals surface area contributed by atoms with E-state index in [0.29, 0.717) is 0 Å². The summed E-state index contributed by atoms with van der Waals surface area (Å²) in [4.78, 5) is 3.70. The van der Waals surface area contributed by atoms with Crippen molar-refractivity contribution >= 4 is 0 Å². The van der Waals surface area contributed by atoms with E-state index in [4.69, 9.17) is 0 Å². The van der Waals surface area contributed by atoms with E-state index < -0.39 is 23.6 Å². The third-order valence-electron chi connectivity index (χ3n) is 2.53. The lowest BCUT2D eigenvalue weighted by atomic mass is 10.0. The topological polar surface area (TPSA) is 33.1 Å². The molecule has 2 nitrogen and oxygen atoms in total. The molecule has 0 saturated heterocycles. The highest BCUT2D eigenvalue weighted by Gasteiger charge is 2.16. The number of pyridine rings is 1. The van der Waals surface area contributed by atoms with Gasteiger partial charge in [0.2, 0.25) is 0 Å². The Labute approximate surface area is 102 Å². The van der Waals surface area contributed by atoms with Crippen molar-refractivity contribution in [3.8, 4) is 0 Å². The standard InChI is InChI=1S/C13H10F3NO/c14-9-4-3-8(11(16)7-9)6-12(18)13-10(15)2-1-5-17-13/h1-5,7,12,18H,6H2. The second-order valence-corrected chi connectivity index (χ2v) is 3.83. The molecule has 1 atom stereocenters. The van der Waals surface area contributed by atoms with Crippen molar-refractivity contribution in [1.82, 2.24) is 4.98 Å². The van der Waals surface area contributed by atoms with Gasteiger partial charge in [-0.15, -0.1) is 0 Å². The lowest BCUT2D eigenvalue weighted by Gasteiger charge is -2.11. The molecule has 1 aromatic heterocycles. The number of hydrogen-bond donors (Lipinski definition) is 1. The minimum Gasteiger partial charge on any atom is -0.386 e. The number of rotatable bonds is 3. The van der Waals surface area contributed by atoms with Crippen LogP contribution in [0.3, 0.4) is 0 Å². The van der Waals surface area contributed by atoms with Crippen LogP contribution in [0.5, 0.6) is 0 Å². The summed E-state index contributed by atoms with van der Waals surface area (Å²) in [7, 11) is 0. The van der Waals surface area contributed by atoms with Crippen molar-refractivity contribution in [2.75, 3.05) is 0 Å². The van der Waals surface area contributed by atoms with Gasteiger partial charge < -0.3 is 5.11 Å². The maximum atomic E-state index is 13.4. The number of nitrogens with zero attached hydrogens (tertiary/aromatic N) is 1. The van der Waals surface area contributed by atoms with Crippen molar-refractivity contribution < 1.29 is 18.3 Å². The molecule has 0 spiro atoms. The highest BCUT2D eigenvalue weighted by Crippen LogP contribution is 2.20. The van der Waals surface area contributed by atoms with E-state index in [0.717, 1.165) is 18.2 Å². The van der Waals surface area contributed by atoms with Crippen LogP contribution in [-0.4, -0.2) is 10.1 Å². The number of hydrogen-bond acceptors (Lipinski definition) is 2. The van der Waals surface area contributed by atoms with Crippen LogP contribution < -0.4 is 0 Å². The Hall–Kier alpha value is -1.88. The zero-order valence-corrected chi connectivity index (χ0v) is 9.28. The minimum atomic E-state index is -1.27. The molecule has 0 aliphatic rings. The van der Waals surface area contributed by atoms with Gasteiger partial charge in [0.15, 0.2) is 0 Å². The third kappa shape index (κ3) is 2.68. The number of aliphatic hydroxyl groups is 1. The first kappa shape index (κ1) is 12.6. The normalized spacial score (nSPS) is 12.4. The average molecular weight is 253 g/mol. The molecule has 0 aliphatic heterocycles. The molecule has 0 saturated carbocycles.